The second-order valence-corrected chi connectivity index (χ2v) is 8.16. The number of benzene rings is 2. The van der Waals surface area contributed by atoms with E-state index in [1.54, 1.807) is 26.4 Å². The van der Waals surface area contributed by atoms with Gasteiger partial charge in [-0.15, -0.1) is 0 Å². The van der Waals surface area contributed by atoms with Crippen LogP contribution >= 0.6 is 0 Å². The molecule has 2 aromatic carbocycles. The smallest absolute Gasteiger partial charge is 0.257 e. The fraction of sp³-hybridized carbons (Fsp3) is 0.391. The van der Waals surface area contributed by atoms with Crippen molar-refractivity contribution in [2.75, 3.05) is 45.3 Å². The Labute approximate surface area is 175 Å². The normalized spacial score (nSPS) is 20.6. The molecule has 1 aromatic heterocycles. The maximum Gasteiger partial charge on any atom is 0.257 e. The first kappa shape index (κ1) is 18.8. The maximum atomic E-state index is 13.2. The molecular formula is C23H26N4O3. The van der Waals surface area contributed by atoms with Gasteiger partial charge in [-0.2, -0.15) is 0 Å². The van der Waals surface area contributed by atoms with Gasteiger partial charge in [-0.25, -0.2) is 4.98 Å². The van der Waals surface area contributed by atoms with Crippen LogP contribution in [0.4, 0.5) is 5.95 Å². The Bertz CT molecular complexity index is 1100. The number of carbonyl (C=O) groups is 1. The van der Waals surface area contributed by atoms with E-state index in [-0.39, 0.29) is 5.91 Å². The summed E-state index contributed by atoms with van der Waals surface area (Å²) in [6.07, 6.45) is 0. The summed E-state index contributed by atoms with van der Waals surface area (Å²) < 4.78 is 12.9. The zero-order valence-corrected chi connectivity index (χ0v) is 17.5. The number of fused-ring (bicyclic) bond motifs is 2. The van der Waals surface area contributed by atoms with Gasteiger partial charge in [-0.1, -0.05) is 12.1 Å². The Balaban J connectivity index is 1.32. The van der Waals surface area contributed by atoms with Crippen LogP contribution in [-0.4, -0.2) is 60.8 Å². The van der Waals surface area contributed by atoms with Crippen LogP contribution in [-0.2, 0) is 7.05 Å². The van der Waals surface area contributed by atoms with E-state index in [4.69, 9.17) is 14.5 Å². The van der Waals surface area contributed by atoms with Crippen molar-refractivity contribution in [2.45, 2.75) is 0 Å². The number of hydrogen-bond acceptors (Lipinski definition) is 5. The lowest BCUT2D eigenvalue weighted by atomic mass is 10.0. The van der Waals surface area contributed by atoms with Crippen molar-refractivity contribution in [2.24, 2.45) is 18.9 Å². The van der Waals surface area contributed by atoms with Gasteiger partial charge < -0.3 is 23.8 Å². The third-order valence-corrected chi connectivity index (χ3v) is 6.46. The highest BCUT2D eigenvalue weighted by atomic mass is 16.5. The third kappa shape index (κ3) is 2.96. The first-order chi connectivity index (χ1) is 14.6. The highest BCUT2D eigenvalue weighted by Gasteiger charge is 2.43. The molecule has 2 atom stereocenters. The standard InChI is InChI=1S/C23H26N4O3/c1-25-20-7-5-4-6-19(20)24-23(25)27-13-15-11-26(12-16(15)14-27)22(28)18-10-17(29-2)8-9-21(18)30-3/h4-10,15-16H,11-14H2,1-3H3. The molecule has 0 saturated carbocycles. The Hall–Kier alpha value is -3.22. The van der Waals surface area contributed by atoms with Gasteiger partial charge in [-0.05, 0) is 30.3 Å². The first-order valence-corrected chi connectivity index (χ1v) is 10.3. The van der Waals surface area contributed by atoms with Crippen LogP contribution < -0.4 is 14.4 Å². The molecular weight excluding hydrogens is 380 g/mol. The number of imidazole rings is 1. The molecule has 2 unspecified atom stereocenters. The number of likely N-dealkylation sites (tertiary alicyclic amines) is 1. The molecule has 0 spiro atoms. The monoisotopic (exact) mass is 406 g/mol. The molecule has 30 heavy (non-hydrogen) atoms. The maximum absolute atomic E-state index is 13.2. The average molecular weight is 406 g/mol. The van der Waals surface area contributed by atoms with E-state index in [1.165, 1.54) is 0 Å². The van der Waals surface area contributed by atoms with Crippen molar-refractivity contribution < 1.29 is 14.3 Å². The van der Waals surface area contributed by atoms with Crippen LogP contribution in [0.5, 0.6) is 11.5 Å². The van der Waals surface area contributed by atoms with E-state index in [2.05, 4.69) is 28.6 Å². The Morgan fingerprint density at radius 1 is 1.00 bits per heavy atom. The highest BCUT2D eigenvalue weighted by molar-refractivity contribution is 5.97. The van der Waals surface area contributed by atoms with E-state index in [0.29, 0.717) is 28.9 Å². The van der Waals surface area contributed by atoms with Crippen molar-refractivity contribution in [3.05, 3.63) is 48.0 Å². The van der Waals surface area contributed by atoms with Crippen molar-refractivity contribution >= 4 is 22.9 Å². The quantitative estimate of drug-likeness (QED) is 0.667. The summed E-state index contributed by atoms with van der Waals surface area (Å²) in [5.74, 6) is 3.16. The lowest BCUT2D eigenvalue weighted by Crippen LogP contribution is -2.34. The molecule has 0 N–H and O–H groups in total. The van der Waals surface area contributed by atoms with Gasteiger partial charge in [0.1, 0.15) is 11.5 Å². The summed E-state index contributed by atoms with van der Waals surface area (Å²) >= 11 is 0. The number of nitrogens with zero attached hydrogens (tertiary/aromatic N) is 4. The van der Waals surface area contributed by atoms with Crippen LogP contribution in [0.3, 0.4) is 0 Å². The minimum atomic E-state index is 0.00873. The Morgan fingerprint density at radius 2 is 1.73 bits per heavy atom. The molecule has 5 rings (SSSR count). The zero-order chi connectivity index (χ0) is 20.8. The summed E-state index contributed by atoms with van der Waals surface area (Å²) in [5.41, 5.74) is 2.73. The van der Waals surface area contributed by atoms with E-state index in [1.807, 2.05) is 23.1 Å². The zero-order valence-electron chi connectivity index (χ0n) is 17.5. The second-order valence-electron chi connectivity index (χ2n) is 8.16. The number of methoxy groups -OCH3 is 2. The minimum Gasteiger partial charge on any atom is -0.497 e. The van der Waals surface area contributed by atoms with E-state index in [9.17, 15) is 4.79 Å². The van der Waals surface area contributed by atoms with E-state index < -0.39 is 0 Å². The second kappa shape index (κ2) is 7.23. The Kier molecular flexibility index (Phi) is 4.53. The summed E-state index contributed by atoms with van der Waals surface area (Å²) in [6.45, 7) is 3.34. The molecule has 3 aromatic rings. The Morgan fingerprint density at radius 3 is 2.40 bits per heavy atom. The number of ether oxygens (including phenoxy) is 2. The fourth-order valence-corrected chi connectivity index (χ4v) is 4.89. The number of para-hydroxylation sites is 2. The number of amides is 1. The molecule has 7 nitrogen and oxygen atoms in total. The number of aryl methyl sites for hydroxylation is 1. The summed E-state index contributed by atoms with van der Waals surface area (Å²) in [7, 11) is 5.27. The number of aromatic nitrogens is 2. The SMILES string of the molecule is COc1ccc(OC)c(C(=O)N2CC3CN(c4nc5ccccc5n4C)CC3C2)c1. The van der Waals surface area contributed by atoms with Gasteiger partial charge >= 0.3 is 0 Å². The average Bonchev–Trinajstić information content (AvgIpc) is 3.44. The predicted octanol–water partition coefficient (Wildman–Crippen LogP) is 2.80. The van der Waals surface area contributed by atoms with Gasteiger partial charge in [0, 0.05) is 45.1 Å². The van der Waals surface area contributed by atoms with E-state index >= 15 is 0 Å². The lowest BCUT2D eigenvalue weighted by Gasteiger charge is -2.23. The molecule has 2 fully saturated rings. The molecule has 2 aliphatic heterocycles. The van der Waals surface area contributed by atoms with E-state index in [0.717, 1.165) is 43.2 Å². The molecule has 0 aliphatic carbocycles. The van der Waals surface area contributed by atoms with Gasteiger partial charge in [-0.3, -0.25) is 4.79 Å². The van der Waals surface area contributed by atoms with Gasteiger partial charge in [0.05, 0.1) is 30.8 Å². The van der Waals surface area contributed by atoms with Crippen molar-refractivity contribution in [3.63, 3.8) is 0 Å². The number of rotatable bonds is 4. The fourth-order valence-electron chi connectivity index (χ4n) is 4.89. The van der Waals surface area contributed by atoms with Gasteiger partial charge in [0.2, 0.25) is 5.95 Å². The van der Waals surface area contributed by atoms with Crippen LogP contribution in [0.2, 0.25) is 0 Å². The molecule has 1 amide bonds. The van der Waals surface area contributed by atoms with Crippen molar-refractivity contribution in [1.82, 2.24) is 14.5 Å². The summed E-state index contributed by atoms with van der Waals surface area (Å²) in [5, 5.41) is 0. The lowest BCUT2D eigenvalue weighted by molar-refractivity contribution is 0.0778. The molecule has 2 saturated heterocycles. The van der Waals surface area contributed by atoms with Crippen LogP contribution in [0.15, 0.2) is 42.5 Å². The number of carbonyl (C=O) groups excluding carboxylic acids is 1. The largest absolute Gasteiger partial charge is 0.497 e. The van der Waals surface area contributed by atoms with Crippen molar-refractivity contribution in [3.8, 4) is 11.5 Å². The van der Waals surface area contributed by atoms with Crippen LogP contribution in [0.1, 0.15) is 10.4 Å². The first-order valence-electron chi connectivity index (χ1n) is 10.3. The summed E-state index contributed by atoms with van der Waals surface area (Å²) in [4.78, 5) is 22.4. The molecule has 156 valence electrons. The molecule has 3 heterocycles. The molecule has 0 radical (unpaired) electrons. The molecule has 0 bridgehead atoms. The number of hydrogen-bond donors (Lipinski definition) is 0. The van der Waals surface area contributed by atoms with Gasteiger partial charge in [0.15, 0.2) is 0 Å². The number of anilines is 1. The van der Waals surface area contributed by atoms with Crippen molar-refractivity contribution in [1.29, 1.82) is 0 Å². The minimum absolute atomic E-state index is 0.00873. The predicted molar refractivity (Wildman–Crippen MR) is 115 cm³/mol. The molecule has 2 aliphatic rings. The van der Waals surface area contributed by atoms with Crippen LogP contribution in [0, 0.1) is 11.8 Å². The molecule has 7 heteroatoms. The third-order valence-electron chi connectivity index (χ3n) is 6.46. The van der Waals surface area contributed by atoms with Crippen LogP contribution in [0.25, 0.3) is 11.0 Å². The van der Waals surface area contributed by atoms with Gasteiger partial charge in [0.25, 0.3) is 5.91 Å². The summed E-state index contributed by atoms with van der Waals surface area (Å²) in [6, 6.07) is 13.6. The highest BCUT2D eigenvalue weighted by Crippen LogP contribution is 2.36. The topological polar surface area (TPSA) is 59.8 Å².